The minimum atomic E-state index is -4.59. The topological polar surface area (TPSA) is 26.9 Å². The van der Waals surface area contributed by atoms with Gasteiger partial charge in [0.15, 0.2) is 6.20 Å². The second kappa shape index (κ2) is 4.30. The number of halogens is 3. The summed E-state index contributed by atoms with van der Waals surface area (Å²) < 4.78 is 36.6. The van der Waals surface area contributed by atoms with E-state index < -0.39 is 11.9 Å². The summed E-state index contributed by atoms with van der Waals surface area (Å²) in [6.45, 7) is 1.83. The van der Waals surface area contributed by atoms with E-state index in [0.29, 0.717) is 5.56 Å². The van der Waals surface area contributed by atoms with Crippen molar-refractivity contribution in [1.29, 1.82) is 0 Å². The van der Waals surface area contributed by atoms with E-state index in [4.69, 9.17) is 0 Å². The number of nitrogens with zero attached hydrogens (tertiary/aromatic N) is 1. The van der Waals surface area contributed by atoms with Crippen LogP contribution in [0.2, 0.25) is 0 Å². The molecule has 0 N–H and O–H groups in total. The second-order valence-corrected chi connectivity index (χ2v) is 4.23. The van der Waals surface area contributed by atoms with Crippen LogP contribution in [-0.4, -0.2) is 6.26 Å². The van der Waals surface area contributed by atoms with Crippen LogP contribution in [0.3, 0.4) is 0 Å². The van der Waals surface area contributed by atoms with Gasteiger partial charge in [0.25, 0.3) is 5.69 Å². The highest BCUT2D eigenvalue weighted by molar-refractivity contribution is 7.98. The van der Waals surface area contributed by atoms with Gasteiger partial charge in [-0.25, -0.2) is 0 Å². The Kier molecular flexibility index (Phi) is 3.49. The zero-order valence-electron chi connectivity index (χ0n) is 8.21. The molecule has 0 saturated carbocycles. The molecule has 0 bridgehead atoms. The maximum absolute atomic E-state index is 12.2. The number of rotatable bonds is 2. The fraction of sp³-hybridized carbons (Fsp3) is 0.444. The first kappa shape index (κ1) is 12.2. The lowest BCUT2D eigenvalue weighted by molar-refractivity contribution is -0.629. The minimum Gasteiger partial charge on any atom is -0.618 e. The molecule has 1 aromatic rings. The van der Waals surface area contributed by atoms with Crippen molar-refractivity contribution in [1.82, 2.24) is 0 Å². The fourth-order valence-electron chi connectivity index (χ4n) is 1.09. The van der Waals surface area contributed by atoms with Crippen LogP contribution in [0.5, 0.6) is 0 Å². The molecule has 0 aliphatic heterocycles. The third-order valence-corrected chi connectivity index (χ3v) is 3.03. The monoisotopic (exact) mass is 237 g/mol. The van der Waals surface area contributed by atoms with Crippen molar-refractivity contribution in [2.24, 2.45) is 0 Å². The average molecular weight is 237 g/mol. The van der Waals surface area contributed by atoms with Crippen LogP contribution >= 0.6 is 11.8 Å². The molecule has 15 heavy (non-hydrogen) atoms. The fourth-order valence-corrected chi connectivity index (χ4v) is 1.50. The van der Waals surface area contributed by atoms with Gasteiger partial charge >= 0.3 is 6.18 Å². The summed E-state index contributed by atoms with van der Waals surface area (Å²) in [5.41, 5.74) is -0.593. The lowest BCUT2D eigenvalue weighted by atomic mass is 10.2. The minimum absolute atomic E-state index is 0.00693. The van der Waals surface area contributed by atoms with E-state index in [2.05, 4.69) is 0 Å². The third kappa shape index (κ3) is 2.77. The van der Waals surface area contributed by atoms with Crippen molar-refractivity contribution in [3.8, 4) is 0 Å². The second-order valence-electron chi connectivity index (χ2n) is 3.05. The van der Waals surface area contributed by atoms with E-state index >= 15 is 0 Å². The van der Waals surface area contributed by atoms with Gasteiger partial charge in [0.05, 0.1) is 0 Å². The van der Waals surface area contributed by atoms with Gasteiger partial charge in [-0.15, -0.1) is 0 Å². The van der Waals surface area contributed by atoms with Crippen LogP contribution in [0.4, 0.5) is 13.2 Å². The van der Waals surface area contributed by atoms with Crippen LogP contribution in [-0.2, 0) is 6.18 Å². The number of alkyl halides is 3. The SMILES string of the molecule is CSC(C)c1ccc(C(F)(F)F)[n+]([O-])c1. The molecule has 84 valence electrons. The molecule has 0 radical (unpaired) electrons. The van der Waals surface area contributed by atoms with E-state index in [9.17, 15) is 18.4 Å². The van der Waals surface area contributed by atoms with Crippen LogP contribution in [0.1, 0.15) is 23.4 Å². The van der Waals surface area contributed by atoms with Crippen molar-refractivity contribution in [2.45, 2.75) is 18.3 Å². The van der Waals surface area contributed by atoms with E-state index in [-0.39, 0.29) is 9.98 Å². The Morgan fingerprint density at radius 1 is 1.40 bits per heavy atom. The molecule has 0 aromatic carbocycles. The number of thioether (sulfide) groups is 1. The largest absolute Gasteiger partial charge is 0.618 e. The van der Waals surface area contributed by atoms with Crippen molar-refractivity contribution in [3.05, 3.63) is 34.8 Å². The Morgan fingerprint density at radius 3 is 2.40 bits per heavy atom. The summed E-state index contributed by atoms with van der Waals surface area (Å²) in [6.07, 6.45) is -1.79. The van der Waals surface area contributed by atoms with E-state index in [0.717, 1.165) is 12.3 Å². The molecule has 1 atom stereocenters. The van der Waals surface area contributed by atoms with Gasteiger partial charge in [0.1, 0.15) is 0 Å². The lowest BCUT2D eigenvalue weighted by Crippen LogP contribution is -2.36. The molecule has 1 rings (SSSR count). The Balaban J connectivity index is 3.09. The standard InChI is InChI=1S/C9H10F3NOS/c1-6(15-2)7-3-4-8(9(10,11)12)13(14)5-7/h3-6H,1-2H3. The number of aromatic nitrogens is 1. The normalized spacial score (nSPS) is 13.9. The number of pyridine rings is 1. The maximum atomic E-state index is 12.2. The van der Waals surface area contributed by atoms with Crippen molar-refractivity contribution >= 4 is 11.8 Å². The van der Waals surface area contributed by atoms with Gasteiger partial charge in [-0.1, -0.05) is 0 Å². The van der Waals surface area contributed by atoms with Gasteiger partial charge in [-0.2, -0.15) is 29.7 Å². The molecule has 0 aliphatic rings. The van der Waals surface area contributed by atoms with Gasteiger partial charge in [-0.3, -0.25) is 0 Å². The zero-order chi connectivity index (χ0) is 11.6. The Labute approximate surface area is 89.7 Å². The van der Waals surface area contributed by atoms with Crippen LogP contribution in [0.15, 0.2) is 18.3 Å². The molecule has 0 amide bonds. The molecule has 0 spiro atoms. The number of hydrogen-bond donors (Lipinski definition) is 0. The molecule has 1 heterocycles. The van der Waals surface area contributed by atoms with Crippen LogP contribution in [0.25, 0.3) is 0 Å². The maximum Gasteiger partial charge on any atom is 0.478 e. The van der Waals surface area contributed by atoms with Gasteiger partial charge in [0.2, 0.25) is 0 Å². The van der Waals surface area contributed by atoms with Gasteiger partial charge in [0, 0.05) is 16.9 Å². The first-order chi connectivity index (χ1) is 6.86. The molecule has 2 nitrogen and oxygen atoms in total. The molecular weight excluding hydrogens is 227 g/mol. The third-order valence-electron chi connectivity index (χ3n) is 2.05. The first-order valence-corrected chi connectivity index (χ1v) is 5.48. The molecule has 6 heteroatoms. The molecule has 1 unspecified atom stereocenters. The molecule has 0 saturated heterocycles. The number of hydrogen-bond acceptors (Lipinski definition) is 2. The summed E-state index contributed by atoms with van der Waals surface area (Å²) in [6, 6.07) is 2.15. The predicted molar refractivity (Wildman–Crippen MR) is 52.3 cm³/mol. The summed E-state index contributed by atoms with van der Waals surface area (Å²) >= 11 is 1.47. The lowest BCUT2D eigenvalue weighted by Gasteiger charge is -2.11. The van der Waals surface area contributed by atoms with E-state index in [1.165, 1.54) is 17.8 Å². The highest BCUT2D eigenvalue weighted by Gasteiger charge is 2.39. The molecule has 1 aromatic heterocycles. The summed E-state index contributed by atoms with van der Waals surface area (Å²) in [5, 5.41) is 11.1. The van der Waals surface area contributed by atoms with Crippen molar-refractivity contribution < 1.29 is 17.9 Å². The summed E-state index contributed by atoms with van der Waals surface area (Å²) in [7, 11) is 0. The highest BCUT2D eigenvalue weighted by atomic mass is 32.2. The van der Waals surface area contributed by atoms with Crippen LogP contribution < -0.4 is 4.73 Å². The average Bonchev–Trinajstić information content (AvgIpc) is 2.14. The van der Waals surface area contributed by atoms with Gasteiger partial charge < -0.3 is 5.21 Å². The van der Waals surface area contributed by atoms with Crippen molar-refractivity contribution in [3.63, 3.8) is 0 Å². The Morgan fingerprint density at radius 2 is 2.00 bits per heavy atom. The molecular formula is C9H10F3NOS. The predicted octanol–water partition coefficient (Wildman–Crippen LogP) is 2.76. The summed E-state index contributed by atoms with van der Waals surface area (Å²) in [5.74, 6) is 0. The molecule has 0 aliphatic carbocycles. The Hall–Kier alpha value is -0.910. The zero-order valence-corrected chi connectivity index (χ0v) is 9.02. The first-order valence-electron chi connectivity index (χ1n) is 4.19. The summed E-state index contributed by atoms with van der Waals surface area (Å²) in [4.78, 5) is 0. The quantitative estimate of drug-likeness (QED) is 0.584. The van der Waals surface area contributed by atoms with Gasteiger partial charge in [-0.05, 0) is 19.2 Å². The smallest absolute Gasteiger partial charge is 0.478 e. The van der Waals surface area contributed by atoms with E-state index in [1.807, 2.05) is 13.2 Å². The Bertz CT molecular complexity index is 354. The van der Waals surface area contributed by atoms with Crippen LogP contribution in [0, 0.1) is 5.21 Å². The van der Waals surface area contributed by atoms with Crippen molar-refractivity contribution in [2.75, 3.05) is 6.26 Å². The molecule has 0 fully saturated rings. The highest BCUT2D eigenvalue weighted by Crippen LogP contribution is 2.29. The van der Waals surface area contributed by atoms with E-state index in [1.54, 1.807) is 0 Å².